The van der Waals surface area contributed by atoms with Crippen molar-refractivity contribution in [3.8, 4) is 0 Å². The number of halogens is 2. The van der Waals surface area contributed by atoms with Crippen LogP contribution in [0.4, 0.5) is 4.39 Å². The Kier molecular flexibility index (Phi) is 9.45. The number of rotatable bonds is 11. The number of hydrogen-bond donors (Lipinski definition) is 0. The van der Waals surface area contributed by atoms with Crippen molar-refractivity contribution in [1.82, 2.24) is 0 Å². The Morgan fingerprint density at radius 2 is 1.44 bits per heavy atom. The zero-order chi connectivity index (χ0) is 23.8. The van der Waals surface area contributed by atoms with Crippen molar-refractivity contribution < 1.29 is 4.39 Å². The molecule has 0 aliphatic heterocycles. The molecule has 0 aromatic heterocycles. The molecule has 1 saturated carbocycles. The molecule has 2 heteroatoms. The molecule has 0 radical (unpaired) electrons. The lowest BCUT2D eigenvalue weighted by Gasteiger charge is -2.28. The minimum Gasteiger partial charge on any atom is -0.206 e. The fourth-order valence-corrected chi connectivity index (χ4v) is 5.83. The number of aryl methyl sites for hydroxylation is 3. The van der Waals surface area contributed by atoms with Crippen molar-refractivity contribution in [3.05, 3.63) is 82.1 Å². The molecule has 3 aromatic carbocycles. The van der Waals surface area contributed by atoms with Gasteiger partial charge in [0.1, 0.15) is 5.82 Å². The molecule has 4 rings (SSSR count). The van der Waals surface area contributed by atoms with Gasteiger partial charge in [0.05, 0.1) is 0 Å². The summed E-state index contributed by atoms with van der Waals surface area (Å²) < 4.78 is 15.2. The molecule has 182 valence electrons. The summed E-state index contributed by atoms with van der Waals surface area (Å²) in [7, 11) is 0. The van der Waals surface area contributed by atoms with Crippen LogP contribution in [0.1, 0.15) is 87.8 Å². The molecule has 34 heavy (non-hydrogen) atoms. The summed E-state index contributed by atoms with van der Waals surface area (Å²) in [5.74, 6) is 1.79. The molecule has 0 saturated heterocycles. The van der Waals surface area contributed by atoms with Crippen LogP contribution in [0, 0.1) is 17.7 Å². The normalized spacial score (nSPS) is 18.4. The van der Waals surface area contributed by atoms with E-state index in [9.17, 15) is 0 Å². The molecular weight excluding hydrogens is 439 g/mol. The lowest BCUT2D eigenvalue weighted by atomic mass is 9.77. The summed E-state index contributed by atoms with van der Waals surface area (Å²) in [5, 5.41) is 2.52. The zero-order valence-corrected chi connectivity index (χ0v) is 21.6. The van der Waals surface area contributed by atoms with Gasteiger partial charge >= 0.3 is 0 Å². The van der Waals surface area contributed by atoms with Gasteiger partial charge in [-0.2, -0.15) is 0 Å². The van der Waals surface area contributed by atoms with Crippen LogP contribution in [-0.4, -0.2) is 0 Å². The Morgan fingerprint density at radius 1 is 0.735 bits per heavy atom. The highest BCUT2D eigenvalue weighted by Gasteiger charge is 2.20. The first-order valence-corrected chi connectivity index (χ1v) is 13.9. The minimum absolute atomic E-state index is 0.0599. The van der Waals surface area contributed by atoms with Crippen LogP contribution in [0.2, 0.25) is 5.02 Å². The third-order valence-corrected chi connectivity index (χ3v) is 8.22. The summed E-state index contributed by atoms with van der Waals surface area (Å²) in [6.45, 7) is 2.29. The highest BCUT2D eigenvalue weighted by Crippen LogP contribution is 2.34. The first kappa shape index (κ1) is 25.2. The van der Waals surface area contributed by atoms with Gasteiger partial charge in [-0.15, -0.1) is 0 Å². The van der Waals surface area contributed by atoms with Crippen molar-refractivity contribution in [3.63, 3.8) is 0 Å². The summed E-state index contributed by atoms with van der Waals surface area (Å²) in [6, 6.07) is 18.3. The molecule has 0 atom stereocenters. The average Bonchev–Trinajstić information content (AvgIpc) is 2.87. The van der Waals surface area contributed by atoms with Crippen LogP contribution < -0.4 is 0 Å². The van der Waals surface area contributed by atoms with Gasteiger partial charge < -0.3 is 0 Å². The van der Waals surface area contributed by atoms with Crippen LogP contribution >= 0.6 is 11.6 Å². The number of benzene rings is 3. The van der Waals surface area contributed by atoms with Gasteiger partial charge in [-0.05, 0) is 71.7 Å². The molecule has 3 aromatic rings. The van der Waals surface area contributed by atoms with Crippen LogP contribution in [0.25, 0.3) is 10.8 Å². The van der Waals surface area contributed by atoms with Crippen LogP contribution in [0.5, 0.6) is 0 Å². The average molecular weight is 479 g/mol. The second kappa shape index (κ2) is 12.7. The van der Waals surface area contributed by atoms with Gasteiger partial charge in [0.15, 0.2) is 0 Å². The molecule has 0 N–H and O–H groups in total. The van der Waals surface area contributed by atoms with E-state index in [2.05, 4.69) is 25.1 Å². The van der Waals surface area contributed by atoms with E-state index in [-0.39, 0.29) is 5.82 Å². The topological polar surface area (TPSA) is 0 Å². The molecule has 1 aliphatic carbocycles. The largest absolute Gasteiger partial charge is 0.206 e. The fourth-order valence-electron chi connectivity index (χ4n) is 5.70. The van der Waals surface area contributed by atoms with Crippen molar-refractivity contribution in [2.45, 2.75) is 90.4 Å². The van der Waals surface area contributed by atoms with Crippen molar-refractivity contribution in [2.75, 3.05) is 0 Å². The van der Waals surface area contributed by atoms with Crippen LogP contribution in [0.3, 0.4) is 0 Å². The molecule has 0 unspecified atom stereocenters. The van der Waals surface area contributed by atoms with Crippen molar-refractivity contribution >= 4 is 22.4 Å². The first-order valence-electron chi connectivity index (χ1n) is 13.6. The maximum Gasteiger partial charge on any atom is 0.134 e. The van der Waals surface area contributed by atoms with Crippen molar-refractivity contribution in [1.29, 1.82) is 0 Å². The fraction of sp³-hybridized carbons (Fsp3) is 0.500. The molecule has 0 nitrogen and oxygen atoms in total. The Hall–Kier alpha value is -1.86. The second-order valence-electron chi connectivity index (χ2n) is 10.5. The van der Waals surface area contributed by atoms with E-state index in [1.807, 2.05) is 36.4 Å². The summed E-state index contributed by atoms with van der Waals surface area (Å²) in [4.78, 5) is 0. The van der Waals surface area contributed by atoms with Gasteiger partial charge in [0.2, 0.25) is 0 Å². The minimum atomic E-state index is -0.0599. The molecule has 1 fully saturated rings. The van der Waals surface area contributed by atoms with E-state index in [1.54, 1.807) is 0 Å². The first-order chi connectivity index (χ1) is 16.6. The molecule has 0 spiro atoms. The number of fused-ring (bicyclic) bond motifs is 1. The van der Waals surface area contributed by atoms with Crippen molar-refractivity contribution in [2.24, 2.45) is 11.8 Å². The van der Waals surface area contributed by atoms with E-state index in [4.69, 9.17) is 11.6 Å². The Morgan fingerprint density at radius 3 is 2.18 bits per heavy atom. The van der Waals surface area contributed by atoms with Gasteiger partial charge in [-0.25, -0.2) is 4.39 Å². The standard InChI is InChI=1S/C32H40ClF/c1-2-3-4-5-6-24-7-9-25(10-8-24)11-12-27-16-22-31-29(23-27)19-18-28(32(31)34)17-13-26-14-20-30(33)21-15-26/h14-16,18-25H,2-13,17H2,1H3. The van der Waals surface area contributed by atoms with E-state index < -0.39 is 0 Å². The van der Waals surface area contributed by atoms with E-state index >= 15 is 4.39 Å². The summed E-state index contributed by atoms with van der Waals surface area (Å²) in [6.07, 6.45) is 16.6. The predicted octanol–water partition coefficient (Wildman–Crippen LogP) is 10.1. The molecule has 0 bridgehead atoms. The second-order valence-corrected chi connectivity index (χ2v) is 10.9. The van der Waals surface area contributed by atoms with Crippen LogP contribution in [-0.2, 0) is 19.3 Å². The maximum atomic E-state index is 15.2. The smallest absolute Gasteiger partial charge is 0.134 e. The maximum absolute atomic E-state index is 15.2. The molecule has 0 amide bonds. The monoisotopic (exact) mass is 478 g/mol. The SMILES string of the molecule is CCCCCCC1CCC(CCc2ccc3c(F)c(CCc4ccc(Cl)cc4)ccc3c2)CC1. The Labute approximate surface area is 210 Å². The van der Waals surface area contributed by atoms with E-state index in [1.165, 1.54) is 75.3 Å². The Bertz CT molecular complexity index is 1030. The van der Waals surface area contributed by atoms with E-state index in [0.29, 0.717) is 6.42 Å². The summed E-state index contributed by atoms with van der Waals surface area (Å²) in [5.41, 5.74) is 3.33. The summed E-state index contributed by atoms with van der Waals surface area (Å²) >= 11 is 5.97. The highest BCUT2D eigenvalue weighted by atomic mass is 35.5. The molecule has 0 heterocycles. The van der Waals surface area contributed by atoms with Crippen LogP contribution in [0.15, 0.2) is 54.6 Å². The number of unbranched alkanes of at least 4 members (excludes halogenated alkanes) is 3. The lowest BCUT2D eigenvalue weighted by Crippen LogP contribution is -2.15. The molecule has 1 aliphatic rings. The van der Waals surface area contributed by atoms with Gasteiger partial charge in [-0.3, -0.25) is 0 Å². The lowest BCUT2D eigenvalue weighted by molar-refractivity contribution is 0.249. The zero-order valence-electron chi connectivity index (χ0n) is 20.8. The van der Waals surface area contributed by atoms with Gasteiger partial charge in [0.25, 0.3) is 0 Å². The predicted molar refractivity (Wildman–Crippen MR) is 145 cm³/mol. The van der Waals surface area contributed by atoms with E-state index in [0.717, 1.165) is 46.0 Å². The van der Waals surface area contributed by atoms with Gasteiger partial charge in [-0.1, -0.05) is 119 Å². The Balaban J connectivity index is 1.27. The number of hydrogen-bond acceptors (Lipinski definition) is 0. The van der Waals surface area contributed by atoms with Gasteiger partial charge in [0, 0.05) is 10.4 Å². The third kappa shape index (κ3) is 7.08. The third-order valence-electron chi connectivity index (χ3n) is 7.97. The quantitative estimate of drug-likeness (QED) is 0.240. The highest BCUT2D eigenvalue weighted by molar-refractivity contribution is 6.30. The molecular formula is C32H40ClF.